The lowest BCUT2D eigenvalue weighted by atomic mass is 10.2. The molecule has 0 unspecified atom stereocenters. The molecule has 1 aromatic rings. The number of nitrogens with two attached hydrogens (primary N) is 1. The molecule has 0 atom stereocenters. The summed E-state index contributed by atoms with van der Waals surface area (Å²) in [5.41, 5.74) is 7.48. The Morgan fingerprint density at radius 3 is 3.06 bits per heavy atom. The molecule has 0 bridgehead atoms. The van der Waals surface area contributed by atoms with Crippen molar-refractivity contribution in [1.29, 1.82) is 5.26 Å². The van der Waals surface area contributed by atoms with Crippen LogP contribution in [0, 0.1) is 11.3 Å². The van der Waals surface area contributed by atoms with Crippen molar-refractivity contribution < 1.29 is 14.3 Å². The summed E-state index contributed by atoms with van der Waals surface area (Å²) in [5, 5.41) is 12.1. The fraction of sp³-hybridized carbons (Fsp3) is 0.182. The number of rotatable bonds is 5. The molecule has 0 saturated carbocycles. The molecule has 0 aliphatic rings. The standard InChI is InChI=1S/C11H12N4O3/c1-17-9-2-3-10(18-5-4-12)8(6-9)7-14-15-11(13)16/h2-3,6-7H,5H2,1H3,(H3,13,15,16). The van der Waals surface area contributed by atoms with Gasteiger partial charge in [0.15, 0.2) is 6.61 Å². The average molecular weight is 248 g/mol. The molecule has 0 heterocycles. The molecule has 18 heavy (non-hydrogen) atoms. The highest BCUT2D eigenvalue weighted by Gasteiger charge is 2.04. The lowest BCUT2D eigenvalue weighted by Crippen LogP contribution is -2.24. The maximum absolute atomic E-state index is 10.5. The maximum atomic E-state index is 10.5. The Morgan fingerprint density at radius 2 is 2.44 bits per heavy atom. The molecule has 0 saturated heterocycles. The van der Waals surface area contributed by atoms with Crippen molar-refractivity contribution in [1.82, 2.24) is 5.43 Å². The van der Waals surface area contributed by atoms with Crippen LogP contribution in [0.1, 0.15) is 5.56 Å². The van der Waals surface area contributed by atoms with Gasteiger partial charge in [0.1, 0.15) is 17.6 Å². The van der Waals surface area contributed by atoms with E-state index in [9.17, 15) is 4.79 Å². The minimum absolute atomic E-state index is 0.0869. The fourth-order valence-corrected chi connectivity index (χ4v) is 1.16. The van der Waals surface area contributed by atoms with Crippen molar-refractivity contribution in [3.63, 3.8) is 0 Å². The van der Waals surface area contributed by atoms with Crippen molar-refractivity contribution in [2.75, 3.05) is 13.7 Å². The van der Waals surface area contributed by atoms with E-state index < -0.39 is 6.03 Å². The van der Waals surface area contributed by atoms with E-state index in [2.05, 4.69) is 10.5 Å². The van der Waals surface area contributed by atoms with Gasteiger partial charge >= 0.3 is 6.03 Å². The number of hydrogen-bond donors (Lipinski definition) is 2. The van der Waals surface area contributed by atoms with Gasteiger partial charge < -0.3 is 15.2 Å². The van der Waals surface area contributed by atoms with Crippen LogP contribution in [0.2, 0.25) is 0 Å². The van der Waals surface area contributed by atoms with Gasteiger partial charge in [0.05, 0.1) is 13.3 Å². The smallest absolute Gasteiger partial charge is 0.332 e. The number of carbonyl (C=O) groups is 1. The van der Waals surface area contributed by atoms with Crippen LogP contribution < -0.4 is 20.6 Å². The highest BCUT2D eigenvalue weighted by atomic mass is 16.5. The van der Waals surface area contributed by atoms with Gasteiger partial charge in [0.2, 0.25) is 0 Å². The first-order valence-corrected chi connectivity index (χ1v) is 4.93. The van der Waals surface area contributed by atoms with Gasteiger partial charge in [-0.3, -0.25) is 0 Å². The minimum Gasteiger partial charge on any atom is -0.497 e. The topological polar surface area (TPSA) is 110 Å². The molecule has 0 aliphatic heterocycles. The molecule has 0 fully saturated rings. The van der Waals surface area contributed by atoms with Crippen molar-refractivity contribution >= 4 is 12.2 Å². The molecular formula is C11H12N4O3. The number of primary amides is 1. The molecule has 3 N–H and O–H groups in total. The predicted molar refractivity (Wildman–Crippen MR) is 64.4 cm³/mol. The first-order chi connectivity index (χ1) is 8.67. The molecule has 94 valence electrons. The SMILES string of the molecule is COc1ccc(OCC#N)c(C=NNC(N)=O)c1. The largest absolute Gasteiger partial charge is 0.497 e. The van der Waals surface area contributed by atoms with Crippen molar-refractivity contribution in [3.05, 3.63) is 23.8 Å². The number of ether oxygens (including phenoxy) is 2. The van der Waals surface area contributed by atoms with Gasteiger partial charge in [-0.2, -0.15) is 10.4 Å². The highest BCUT2D eigenvalue weighted by Crippen LogP contribution is 2.22. The monoisotopic (exact) mass is 248 g/mol. The molecule has 1 aromatic carbocycles. The maximum Gasteiger partial charge on any atom is 0.332 e. The van der Waals surface area contributed by atoms with Gasteiger partial charge in [0, 0.05) is 5.56 Å². The Bertz CT molecular complexity index is 494. The number of methoxy groups -OCH3 is 1. The molecule has 0 radical (unpaired) electrons. The zero-order chi connectivity index (χ0) is 13.4. The van der Waals surface area contributed by atoms with Crippen LogP contribution >= 0.6 is 0 Å². The summed E-state index contributed by atoms with van der Waals surface area (Å²) in [4.78, 5) is 10.5. The second-order valence-corrected chi connectivity index (χ2v) is 3.08. The summed E-state index contributed by atoms with van der Waals surface area (Å²) in [7, 11) is 1.52. The van der Waals surface area contributed by atoms with E-state index >= 15 is 0 Å². The van der Waals surface area contributed by atoms with Gasteiger partial charge in [-0.05, 0) is 18.2 Å². The van der Waals surface area contributed by atoms with Crippen LogP contribution in [0.5, 0.6) is 11.5 Å². The van der Waals surface area contributed by atoms with E-state index in [0.717, 1.165) is 0 Å². The van der Waals surface area contributed by atoms with Crippen LogP contribution in [0.25, 0.3) is 0 Å². The molecule has 2 amide bonds. The van der Waals surface area contributed by atoms with Gasteiger partial charge in [-0.15, -0.1) is 0 Å². The Morgan fingerprint density at radius 1 is 1.67 bits per heavy atom. The number of carbonyl (C=O) groups excluding carboxylic acids is 1. The average Bonchev–Trinajstić information content (AvgIpc) is 2.36. The lowest BCUT2D eigenvalue weighted by Gasteiger charge is -2.07. The summed E-state index contributed by atoms with van der Waals surface area (Å²) in [5.74, 6) is 1.05. The molecule has 7 nitrogen and oxygen atoms in total. The fourth-order valence-electron chi connectivity index (χ4n) is 1.16. The zero-order valence-corrected chi connectivity index (χ0v) is 9.71. The summed E-state index contributed by atoms with van der Waals surface area (Å²) in [6.07, 6.45) is 1.35. The second-order valence-electron chi connectivity index (χ2n) is 3.08. The van der Waals surface area contributed by atoms with E-state index in [0.29, 0.717) is 17.1 Å². The van der Waals surface area contributed by atoms with Crippen molar-refractivity contribution in [2.45, 2.75) is 0 Å². The van der Waals surface area contributed by atoms with Gasteiger partial charge in [0.25, 0.3) is 0 Å². The quantitative estimate of drug-likeness (QED) is 0.587. The summed E-state index contributed by atoms with van der Waals surface area (Å²) in [6, 6.07) is 6.07. The number of hydrazone groups is 1. The predicted octanol–water partition coefficient (Wildman–Crippen LogP) is 0.600. The van der Waals surface area contributed by atoms with Crippen LogP contribution in [0.15, 0.2) is 23.3 Å². The summed E-state index contributed by atoms with van der Waals surface area (Å²) in [6.45, 7) is -0.0869. The molecule has 7 heteroatoms. The Labute approximate surface area is 104 Å². The number of benzene rings is 1. The molecule has 0 spiro atoms. The normalized spacial score (nSPS) is 9.78. The van der Waals surface area contributed by atoms with Crippen molar-refractivity contribution in [2.24, 2.45) is 10.8 Å². The van der Waals surface area contributed by atoms with Crippen LogP contribution in [-0.2, 0) is 0 Å². The Kier molecular flexibility index (Phi) is 4.99. The number of urea groups is 1. The van der Waals surface area contributed by atoms with E-state index in [4.69, 9.17) is 20.5 Å². The molecule has 0 aromatic heterocycles. The van der Waals surface area contributed by atoms with Crippen LogP contribution in [0.4, 0.5) is 4.79 Å². The summed E-state index contributed by atoms with van der Waals surface area (Å²) >= 11 is 0. The van der Waals surface area contributed by atoms with Gasteiger partial charge in [-0.25, -0.2) is 10.2 Å². The van der Waals surface area contributed by atoms with Crippen molar-refractivity contribution in [3.8, 4) is 17.6 Å². The summed E-state index contributed by atoms with van der Waals surface area (Å²) < 4.78 is 10.2. The van der Waals surface area contributed by atoms with Gasteiger partial charge in [-0.1, -0.05) is 0 Å². The third kappa shape index (κ3) is 4.02. The number of nitrogens with one attached hydrogen (secondary N) is 1. The number of nitriles is 1. The molecular weight excluding hydrogens is 236 g/mol. The Balaban J connectivity index is 2.92. The van der Waals surface area contributed by atoms with E-state index in [1.807, 2.05) is 6.07 Å². The molecule has 0 aliphatic carbocycles. The lowest BCUT2D eigenvalue weighted by molar-refractivity contribution is 0.249. The third-order valence-corrected chi connectivity index (χ3v) is 1.89. The highest BCUT2D eigenvalue weighted by molar-refractivity contribution is 5.85. The first kappa shape index (κ1) is 13.3. The van der Waals surface area contributed by atoms with E-state index in [1.165, 1.54) is 13.3 Å². The number of nitrogens with zero attached hydrogens (tertiary/aromatic N) is 2. The first-order valence-electron chi connectivity index (χ1n) is 4.93. The van der Waals surface area contributed by atoms with E-state index in [1.54, 1.807) is 18.2 Å². The minimum atomic E-state index is -0.770. The van der Waals surface area contributed by atoms with E-state index in [-0.39, 0.29) is 6.61 Å². The second kappa shape index (κ2) is 6.75. The number of hydrogen-bond acceptors (Lipinski definition) is 5. The third-order valence-electron chi connectivity index (χ3n) is 1.89. The zero-order valence-electron chi connectivity index (χ0n) is 9.71. The van der Waals surface area contributed by atoms with Crippen LogP contribution in [0.3, 0.4) is 0 Å². The van der Waals surface area contributed by atoms with Crippen LogP contribution in [-0.4, -0.2) is 26.0 Å². The molecule has 1 rings (SSSR count). The Hall–Kier alpha value is -2.75. The number of amides is 2.